The molecule has 0 atom stereocenters. The molecule has 0 radical (unpaired) electrons. The summed E-state index contributed by atoms with van der Waals surface area (Å²) in [5.41, 5.74) is 3.83. The maximum Gasteiger partial charge on any atom is 0.264 e. The number of amides is 1. The Morgan fingerprint density at radius 1 is 0.969 bits per heavy atom. The summed E-state index contributed by atoms with van der Waals surface area (Å²) in [6, 6.07) is 23.9. The molecule has 4 rings (SSSR count). The number of aromatic nitrogens is 2. The van der Waals surface area contributed by atoms with Crippen molar-refractivity contribution in [1.29, 1.82) is 0 Å². The van der Waals surface area contributed by atoms with Gasteiger partial charge in [0.25, 0.3) is 5.91 Å². The van der Waals surface area contributed by atoms with Crippen LogP contribution in [0.25, 0.3) is 11.3 Å². The highest BCUT2D eigenvalue weighted by Crippen LogP contribution is 2.27. The van der Waals surface area contributed by atoms with Crippen LogP contribution in [0.5, 0.6) is 0 Å². The normalized spacial score (nSPS) is 10.7. The number of carbonyl (C=O) groups excluding carboxylic acids is 2. The third-order valence-corrected chi connectivity index (χ3v) is 5.97. The molecule has 1 heterocycles. The molecule has 0 aliphatic heterocycles. The molecule has 0 saturated heterocycles. The molecule has 0 spiro atoms. The number of imidazole rings is 1. The van der Waals surface area contributed by atoms with Crippen molar-refractivity contribution in [2.75, 3.05) is 11.1 Å². The van der Waals surface area contributed by atoms with Crippen LogP contribution >= 0.6 is 23.4 Å². The Balaban J connectivity index is 1.59. The van der Waals surface area contributed by atoms with Crippen LogP contribution in [-0.4, -0.2) is 27.1 Å². The number of carbonyl (C=O) groups is 2. The minimum atomic E-state index is -0.198. The molecule has 0 bridgehead atoms. The van der Waals surface area contributed by atoms with Crippen LogP contribution in [0.3, 0.4) is 0 Å². The smallest absolute Gasteiger partial charge is 0.264 e. The van der Waals surface area contributed by atoms with Gasteiger partial charge in [-0.25, -0.2) is 4.98 Å². The Bertz CT molecular complexity index is 1240. The summed E-state index contributed by atoms with van der Waals surface area (Å²) in [6.45, 7) is 1.97. The van der Waals surface area contributed by atoms with E-state index in [2.05, 4.69) is 10.3 Å². The van der Waals surface area contributed by atoms with E-state index in [1.165, 1.54) is 11.8 Å². The highest BCUT2D eigenvalue weighted by atomic mass is 35.5. The van der Waals surface area contributed by atoms with Crippen LogP contribution in [0.1, 0.15) is 15.9 Å². The lowest BCUT2D eigenvalue weighted by molar-refractivity contribution is -0.113. The van der Waals surface area contributed by atoms with E-state index in [9.17, 15) is 9.59 Å². The molecule has 0 aliphatic carbocycles. The van der Waals surface area contributed by atoms with Crippen molar-refractivity contribution >= 4 is 40.9 Å². The van der Waals surface area contributed by atoms with E-state index in [1.54, 1.807) is 47.2 Å². The van der Waals surface area contributed by atoms with Crippen molar-refractivity contribution < 1.29 is 9.59 Å². The van der Waals surface area contributed by atoms with Crippen molar-refractivity contribution in [3.05, 3.63) is 101 Å². The highest BCUT2D eigenvalue weighted by molar-refractivity contribution is 7.99. The van der Waals surface area contributed by atoms with Gasteiger partial charge in [-0.2, -0.15) is 0 Å². The van der Waals surface area contributed by atoms with Crippen molar-refractivity contribution in [3.8, 4) is 11.3 Å². The van der Waals surface area contributed by atoms with E-state index < -0.39 is 0 Å². The van der Waals surface area contributed by atoms with Gasteiger partial charge in [-0.15, -0.1) is 0 Å². The number of halogens is 1. The van der Waals surface area contributed by atoms with Gasteiger partial charge in [-0.05, 0) is 43.3 Å². The summed E-state index contributed by atoms with van der Waals surface area (Å²) >= 11 is 7.10. The van der Waals surface area contributed by atoms with Gasteiger partial charge in [-0.3, -0.25) is 14.2 Å². The molecular weight excluding hydrogens is 442 g/mol. The van der Waals surface area contributed by atoms with Gasteiger partial charge in [0.2, 0.25) is 5.91 Å². The topological polar surface area (TPSA) is 64.0 Å². The van der Waals surface area contributed by atoms with E-state index in [1.807, 2.05) is 49.4 Å². The molecule has 1 amide bonds. The lowest BCUT2D eigenvalue weighted by Crippen LogP contribution is -2.17. The van der Waals surface area contributed by atoms with Crippen molar-refractivity contribution in [2.45, 2.75) is 12.1 Å². The molecule has 5 nitrogen and oxygen atoms in total. The van der Waals surface area contributed by atoms with E-state index in [4.69, 9.17) is 11.6 Å². The van der Waals surface area contributed by atoms with Gasteiger partial charge < -0.3 is 5.32 Å². The number of hydrogen-bond acceptors (Lipinski definition) is 4. The number of aryl methyl sites for hydroxylation is 1. The van der Waals surface area contributed by atoms with Gasteiger partial charge in [0, 0.05) is 21.8 Å². The minimum absolute atomic E-state index is 0.106. The number of benzene rings is 3. The summed E-state index contributed by atoms with van der Waals surface area (Å²) in [5, 5.41) is 3.88. The molecule has 0 fully saturated rings. The lowest BCUT2D eigenvalue weighted by atomic mass is 10.1. The summed E-state index contributed by atoms with van der Waals surface area (Å²) in [5.74, 6) is -0.285. The molecular formula is C25H20ClN3O2S. The highest BCUT2D eigenvalue weighted by Gasteiger charge is 2.20. The molecule has 7 heteroatoms. The van der Waals surface area contributed by atoms with Crippen molar-refractivity contribution in [2.24, 2.45) is 0 Å². The SMILES string of the molecule is Cc1ccc(C(=O)n2c(-c3ccccc3)cnc2SCC(=O)Nc2ccc(Cl)cc2)cc1. The predicted octanol–water partition coefficient (Wildman–Crippen LogP) is 5.93. The van der Waals surface area contributed by atoms with E-state index in [0.29, 0.717) is 27.1 Å². The second-order valence-electron chi connectivity index (χ2n) is 7.14. The van der Waals surface area contributed by atoms with Crippen LogP contribution in [0.15, 0.2) is 90.2 Å². The monoisotopic (exact) mass is 461 g/mol. The quantitative estimate of drug-likeness (QED) is 0.361. The summed E-state index contributed by atoms with van der Waals surface area (Å²) < 4.78 is 1.57. The Kier molecular flexibility index (Phi) is 6.73. The Labute approximate surface area is 195 Å². The fraction of sp³-hybridized carbons (Fsp3) is 0.0800. The van der Waals surface area contributed by atoms with Gasteiger partial charge >= 0.3 is 0 Å². The predicted molar refractivity (Wildman–Crippen MR) is 129 cm³/mol. The fourth-order valence-corrected chi connectivity index (χ4v) is 4.03. The van der Waals surface area contributed by atoms with Crippen molar-refractivity contribution in [3.63, 3.8) is 0 Å². The maximum absolute atomic E-state index is 13.4. The zero-order chi connectivity index (χ0) is 22.5. The first-order chi connectivity index (χ1) is 15.5. The Morgan fingerprint density at radius 3 is 2.34 bits per heavy atom. The molecule has 32 heavy (non-hydrogen) atoms. The van der Waals surface area contributed by atoms with Crippen LogP contribution in [-0.2, 0) is 4.79 Å². The third kappa shape index (κ3) is 5.10. The average molecular weight is 462 g/mol. The maximum atomic E-state index is 13.4. The molecule has 0 saturated carbocycles. The van der Waals surface area contributed by atoms with Gasteiger partial charge in [0.05, 0.1) is 17.6 Å². The standard InChI is InChI=1S/C25H20ClN3O2S/c1-17-7-9-19(10-8-17)24(31)29-22(18-5-3-2-4-6-18)15-27-25(29)32-16-23(30)28-21-13-11-20(26)12-14-21/h2-15H,16H2,1H3,(H,28,30). The van der Waals surface area contributed by atoms with E-state index in [0.717, 1.165) is 11.1 Å². The molecule has 0 aliphatic rings. The van der Waals surface area contributed by atoms with Crippen LogP contribution in [0, 0.1) is 6.92 Å². The van der Waals surface area contributed by atoms with Gasteiger partial charge in [0.1, 0.15) is 0 Å². The second kappa shape index (κ2) is 9.85. The number of hydrogen-bond donors (Lipinski definition) is 1. The number of nitrogens with zero attached hydrogens (tertiary/aromatic N) is 2. The molecule has 4 aromatic rings. The number of anilines is 1. The first kappa shape index (κ1) is 21.9. The summed E-state index contributed by atoms with van der Waals surface area (Å²) in [6.07, 6.45) is 1.67. The molecule has 1 N–H and O–H groups in total. The molecule has 160 valence electrons. The van der Waals surface area contributed by atoms with Gasteiger partial charge in [0.15, 0.2) is 5.16 Å². The summed E-state index contributed by atoms with van der Waals surface area (Å²) in [4.78, 5) is 30.3. The average Bonchev–Trinajstić information content (AvgIpc) is 3.24. The molecule has 3 aromatic carbocycles. The lowest BCUT2D eigenvalue weighted by Gasteiger charge is -2.11. The number of nitrogens with one attached hydrogen (secondary N) is 1. The van der Waals surface area contributed by atoms with Gasteiger partial charge in [-0.1, -0.05) is 71.4 Å². The molecule has 0 unspecified atom stereocenters. The Hall–Kier alpha value is -3.35. The van der Waals surface area contributed by atoms with E-state index in [-0.39, 0.29) is 17.6 Å². The van der Waals surface area contributed by atoms with Crippen LogP contribution in [0.4, 0.5) is 5.69 Å². The first-order valence-electron chi connectivity index (χ1n) is 9.94. The largest absolute Gasteiger partial charge is 0.325 e. The number of thioether (sulfide) groups is 1. The Morgan fingerprint density at radius 2 is 1.66 bits per heavy atom. The molecule has 1 aromatic heterocycles. The summed E-state index contributed by atoms with van der Waals surface area (Å²) in [7, 11) is 0. The fourth-order valence-electron chi connectivity index (χ4n) is 3.13. The number of rotatable bonds is 6. The van der Waals surface area contributed by atoms with Crippen LogP contribution < -0.4 is 5.32 Å². The minimum Gasteiger partial charge on any atom is -0.325 e. The first-order valence-corrected chi connectivity index (χ1v) is 11.3. The zero-order valence-corrected chi connectivity index (χ0v) is 18.9. The van der Waals surface area contributed by atoms with E-state index >= 15 is 0 Å². The zero-order valence-electron chi connectivity index (χ0n) is 17.3. The van der Waals surface area contributed by atoms with Crippen molar-refractivity contribution in [1.82, 2.24) is 9.55 Å². The second-order valence-corrected chi connectivity index (χ2v) is 8.52. The van der Waals surface area contributed by atoms with Crippen LogP contribution in [0.2, 0.25) is 5.02 Å². The third-order valence-electron chi connectivity index (χ3n) is 4.76.